The van der Waals surface area contributed by atoms with Crippen LogP contribution in [0.25, 0.3) is 0 Å². The van der Waals surface area contributed by atoms with Gasteiger partial charge in [-0.15, -0.1) is 0 Å². The molecule has 0 radical (unpaired) electrons. The van der Waals surface area contributed by atoms with Crippen LogP contribution in [0.1, 0.15) is 12.8 Å². The van der Waals surface area contributed by atoms with E-state index in [0.717, 1.165) is 6.07 Å². The number of nitrogens with one attached hydrogen (secondary N) is 1. The smallest absolute Gasteiger partial charge is 0.303 e. The third kappa shape index (κ3) is 3.53. The largest absolute Gasteiger partial charge is 0.481 e. The maximum absolute atomic E-state index is 13.0. The second-order valence-electron chi connectivity index (χ2n) is 3.03. The van der Waals surface area contributed by atoms with E-state index in [9.17, 15) is 13.6 Å². The Kier molecular flexibility index (Phi) is 4.03. The molecular formula is C10H11F2NO2. The fourth-order valence-corrected chi connectivity index (χ4v) is 1.10. The van der Waals surface area contributed by atoms with Gasteiger partial charge < -0.3 is 10.4 Å². The first-order valence-electron chi connectivity index (χ1n) is 4.51. The quantitative estimate of drug-likeness (QED) is 0.740. The van der Waals surface area contributed by atoms with Gasteiger partial charge >= 0.3 is 5.97 Å². The molecule has 0 amide bonds. The van der Waals surface area contributed by atoms with E-state index < -0.39 is 17.6 Å². The van der Waals surface area contributed by atoms with Crippen LogP contribution in [0.15, 0.2) is 18.2 Å². The fourth-order valence-electron chi connectivity index (χ4n) is 1.10. The maximum Gasteiger partial charge on any atom is 0.303 e. The summed E-state index contributed by atoms with van der Waals surface area (Å²) >= 11 is 0. The number of carboxylic acid groups (broad SMARTS) is 1. The third-order valence-electron chi connectivity index (χ3n) is 1.83. The van der Waals surface area contributed by atoms with E-state index in [-0.39, 0.29) is 12.1 Å². The monoisotopic (exact) mass is 215 g/mol. The van der Waals surface area contributed by atoms with Crippen LogP contribution in [0.4, 0.5) is 14.5 Å². The molecule has 1 aromatic rings. The van der Waals surface area contributed by atoms with E-state index in [1.807, 2.05) is 0 Å². The van der Waals surface area contributed by atoms with Crippen molar-refractivity contribution in [3.05, 3.63) is 29.8 Å². The number of halogens is 2. The molecule has 5 heteroatoms. The topological polar surface area (TPSA) is 49.3 Å². The summed E-state index contributed by atoms with van der Waals surface area (Å²) < 4.78 is 25.7. The molecule has 0 aromatic heterocycles. The molecule has 0 aliphatic heterocycles. The van der Waals surface area contributed by atoms with Gasteiger partial charge in [-0.2, -0.15) is 0 Å². The predicted octanol–water partition coefficient (Wildman–Crippen LogP) is 2.24. The molecule has 0 fully saturated rings. The lowest BCUT2D eigenvalue weighted by Crippen LogP contribution is -2.06. The van der Waals surface area contributed by atoms with Crippen molar-refractivity contribution in [3.8, 4) is 0 Å². The summed E-state index contributed by atoms with van der Waals surface area (Å²) in [5.74, 6) is -2.76. The molecule has 0 bridgehead atoms. The van der Waals surface area contributed by atoms with Gasteiger partial charge in [0.15, 0.2) is 11.6 Å². The number of carboxylic acids is 1. The molecule has 0 saturated carbocycles. The standard InChI is InChI=1S/C10H11F2NO2/c11-7-3-1-4-8(10(7)12)13-6-2-5-9(14)15/h1,3-4,13H,2,5-6H2,(H,14,15). The highest BCUT2D eigenvalue weighted by Crippen LogP contribution is 2.16. The van der Waals surface area contributed by atoms with Gasteiger partial charge in [-0.3, -0.25) is 4.79 Å². The summed E-state index contributed by atoms with van der Waals surface area (Å²) in [6.07, 6.45) is 0.370. The predicted molar refractivity (Wildman–Crippen MR) is 51.7 cm³/mol. The van der Waals surface area contributed by atoms with Crippen LogP contribution in [-0.4, -0.2) is 17.6 Å². The Labute approximate surface area is 85.7 Å². The average Bonchev–Trinajstić information content (AvgIpc) is 2.18. The summed E-state index contributed by atoms with van der Waals surface area (Å²) in [6.45, 7) is 0.298. The van der Waals surface area contributed by atoms with Crippen LogP contribution in [-0.2, 0) is 4.79 Å². The molecule has 15 heavy (non-hydrogen) atoms. The zero-order valence-corrected chi connectivity index (χ0v) is 7.96. The zero-order chi connectivity index (χ0) is 11.3. The molecule has 0 spiro atoms. The van der Waals surface area contributed by atoms with Crippen LogP contribution < -0.4 is 5.32 Å². The van der Waals surface area contributed by atoms with E-state index in [1.54, 1.807) is 0 Å². The van der Waals surface area contributed by atoms with E-state index in [1.165, 1.54) is 12.1 Å². The van der Waals surface area contributed by atoms with Crippen molar-refractivity contribution in [3.63, 3.8) is 0 Å². The first-order valence-corrected chi connectivity index (χ1v) is 4.51. The SMILES string of the molecule is O=C(O)CCCNc1cccc(F)c1F. The van der Waals surface area contributed by atoms with Crippen molar-refractivity contribution in [2.45, 2.75) is 12.8 Å². The van der Waals surface area contributed by atoms with E-state index >= 15 is 0 Å². The minimum absolute atomic E-state index is 0.00390. The Morgan fingerprint density at radius 1 is 1.40 bits per heavy atom. The first kappa shape index (κ1) is 11.4. The van der Waals surface area contributed by atoms with Crippen LogP contribution >= 0.6 is 0 Å². The number of anilines is 1. The molecule has 2 N–H and O–H groups in total. The van der Waals surface area contributed by atoms with Crippen molar-refractivity contribution >= 4 is 11.7 Å². The van der Waals surface area contributed by atoms with Gasteiger partial charge in [-0.1, -0.05) is 6.07 Å². The van der Waals surface area contributed by atoms with Gasteiger partial charge in [0.1, 0.15) is 0 Å². The van der Waals surface area contributed by atoms with E-state index in [0.29, 0.717) is 13.0 Å². The Morgan fingerprint density at radius 2 is 2.13 bits per heavy atom. The second kappa shape index (κ2) is 5.29. The lowest BCUT2D eigenvalue weighted by molar-refractivity contribution is -0.137. The maximum atomic E-state index is 13.0. The summed E-state index contributed by atoms with van der Waals surface area (Å²) in [4.78, 5) is 10.2. The lowest BCUT2D eigenvalue weighted by atomic mass is 10.2. The Morgan fingerprint density at radius 3 is 2.80 bits per heavy atom. The Bertz CT molecular complexity index is 355. The minimum atomic E-state index is -0.937. The highest BCUT2D eigenvalue weighted by Gasteiger charge is 2.06. The Balaban J connectivity index is 2.44. The molecule has 82 valence electrons. The van der Waals surface area contributed by atoms with Crippen molar-refractivity contribution in [2.24, 2.45) is 0 Å². The van der Waals surface area contributed by atoms with Crippen LogP contribution in [0, 0.1) is 11.6 Å². The third-order valence-corrected chi connectivity index (χ3v) is 1.83. The van der Waals surface area contributed by atoms with Crippen LogP contribution in [0.2, 0.25) is 0 Å². The number of hydrogen-bond acceptors (Lipinski definition) is 2. The van der Waals surface area contributed by atoms with Crippen molar-refractivity contribution in [1.82, 2.24) is 0 Å². The van der Waals surface area contributed by atoms with Crippen molar-refractivity contribution in [1.29, 1.82) is 0 Å². The molecule has 0 unspecified atom stereocenters. The first-order chi connectivity index (χ1) is 7.11. The second-order valence-corrected chi connectivity index (χ2v) is 3.03. The van der Waals surface area contributed by atoms with E-state index in [2.05, 4.69) is 5.32 Å². The summed E-state index contributed by atoms with van der Waals surface area (Å²) in [5.41, 5.74) is 0.0559. The number of benzene rings is 1. The highest BCUT2D eigenvalue weighted by atomic mass is 19.2. The summed E-state index contributed by atoms with van der Waals surface area (Å²) in [5, 5.41) is 11.0. The number of aliphatic carboxylic acids is 1. The molecule has 0 atom stereocenters. The molecule has 1 aromatic carbocycles. The van der Waals surface area contributed by atoms with Crippen molar-refractivity contribution in [2.75, 3.05) is 11.9 Å². The molecular weight excluding hydrogens is 204 g/mol. The Hall–Kier alpha value is -1.65. The number of rotatable bonds is 5. The zero-order valence-electron chi connectivity index (χ0n) is 7.96. The number of hydrogen-bond donors (Lipinski definition) is 2. The fraction of sp³-hybridized carbons (Fsp3) is 0.300. The minimum Gasteiger partial charge on any atom is -0.481 e. The van der Waals surface area contributed by atoms with Gasteiger partial charge in [0.25, 0.3) is 0 Å². The van der Waals surface area contributed by atoms with Gasteiger partial charge in [0.05, 0.1) is 5.69 Å². The molecule has 0 aliphatic rings. The normalized spacial score (nSPS) is 10.0. The van der Waals surface area contributed by atoms with Crippen molar-refractivity contribution < 1.29 is 18.7 Å². The van der Waals surface area contributed by atoms with Gasteiger partial charge in [0, 0.05) is 13.0 Å². The van der Waals surface area contributed by atoms with Gasteiger partial charge in [-0.05, 0) is 18.6 Å². The summed E-state index contributed by atoms with van der Waals surface area (Å²) in [6, 6.07) is 3.81. The molecule has 0 aliphatic carbocycles. The molecule has 3 nitrogen and oxygen atoms in total. The van der Waals surface area contributed by atoms with Crippen LogP contribution in [0.3, 0.4) is 0 Å². The number of carbonyl (C=O) groups is 1. The molecule has 0 heterocycles. The molecule has 0 saturated heterocycles. The van der Waals surface area contributed by atoms with Gasteiger partial charge in [-0.25, -0.2) is 8.78 Å². The lowest BCUT2D eigenvalue weighted by Gasteiger charge is -2.06. The van der Waals surface area contributed by atoms with Gasteiger partial charge in [0.2, 0.25) is 0 Å². The van der Waals surface area contributed by atoms with E-state index in [4.69, 9.17) is 5.11 Å². The highest BCUT2D eigenvalue weighted by molar-refractivity contribution is 5.66. The van der Waals surface area contributed by atoms with Crippen LogP contribution in [0.5, 0.6) is 0 Å². The summed E-state index contributed by atoms with van der Waals surface area (Å²) in [7, 11) is 0. The average molecular weight is 215 g/mol. The molecule has 1 rings (SSSR count).